The van der Waals surface area contributed by atoms with Crippen LogP contribution in [0.3, 0.4) is 0 Å². The SMILES string of the molecule is CC[C@H](C(=O)N1CCC[C@H](C(=O)O)C1)c1ccccc1. The number of rotatable bonds is 4. The maximum absolute atomic E-state index is 12.6. The van der Waals surface area contributed by atoms with E-state index in [4.69, 9.17) is 5.11 Å². The second-order valence-electron chi connectivity index (χ2n) is 5.33. The second-order valence-corrected chi connectivity index (χ2v) is 5.33. The van der Waals surface area contributed by atoms with Crippen LogP contribution >= 0.6 is 0 Å². The molecule has 1 aromatic carbocycles. The van der Waals surface area contributed by atoms with Gasteiger partial charge in [-0.2, -0.15) is 0 Å². The number of carbonyl (C=O) groups excluding carboxylic acids is 1. The highest BCUT2D eigenvalue weighted by molar-refractivity contribution is 5.84. The highest BCUT2D eigenvalue weighted by atomic mass is 16.4. The fraction of sp³-hybridized carbons (Fsp3) is 0.500. The molecule has 1 fully saturated rings. The standard InChI is InChI=1S/C16H21NO3/c1-2-14(12-7-4-3-5-8-12)15(18)17-10-6-9-13(11-17)16(19)20/h3-5,7-8,13-14H,2,6,9-11H2,1H3,(H,19,20)/t13-,14-/m0/s1. The Hall–Kier alpha value is -1.84. The number of aliphatic carboxylic acids is 1. The van der Waals surface area contributed by atoms with Crippen molar-refractivity contribution in [2.24, 2.45) is 5.92 Å². The first-order chi connectivity index (χ1) is 9.63. The van der Waals surface area contributed by atoms with Gasteiger partial charge in [0, 0.05) is 13.1 Å². The van der Waals surface area contributed by atoms with Crippen molar-refractivity contribution >= 4 is 11.9 Å². The minimum absolute atomic E-state index is 0.0599. The molecule has 0 spiro atoms. The van der Waals surface area contributed by atoms with Gasteiger partial charge >= 0.3 is 5.97 Å². The first-order valence-corrected chi connectivity index (χ1v) is 7.20. The lowest BCUT2D eigenvalue weighted by atomic mass is 9.92. The molecular formula is C16H21NO3. The van der Waals surface area contributed by atoms with Crippen LogP contribution in [0.15, 0.2) is 30.3 Å². The molecule has 2 rings (SSSR count). The van der Waals surface area contributed by atoms with E-state index in [1.165, 1.54) is 0 Å². The largest absolute Gasteiger partial charge is 0.481 e. The maximum atomic E-state index is 12.6. The van der Waals surface area contributed by atoms with Crippen LogP contribution < -0.4 is 0 Å². The smallest absolute Gasteiger partial charge is 0.308 e. The number of piperidine rings is 1. The van der Waals surface area contributed by atoms with Gasteiger partial charge in [0.25, 0.3) is 0 Å². The number of carbonyl (C=O) groups is 2. The summed E-state index contributed by atoms with van der Waals surface area (Å²) in [6.07, 6.45) is 2.17. The Balaban J connectivity index is 2.11. The number of likely N-dealkylation sites (tertiary alicyclic amines) is 1. The van der Waals surface area contributed by atoms with Crippen LogP contribution in [0, 0.1) is 5.92 Å². The quantitative estimate of drug-likeness (QED) is 0.918. The molecular weight excluding hydrogens is 254 g/mol. The van der Waals surface area contributed by atoms with Crippen molar-refractivity contribution in [3.63, 3.8) is 0 Å². The molecule has 2 atom stereocenters. The summed E-state index contributed by atoms with van der Waals surface area (Å²) in [7, 11) is 0. The van der Waals surface area contributed by atoms with Gasteiger partial charge in [0.15, 0.2) is 0 Å². The van der Waals surface area contributed by atoms with E-state index in [9.17, 15) is 9.59 Å². The molecule has 1 aliphatic rings. The van der Waals surface area contributed by atoms with Crippen LogP contribution in [0.1, 0.15) is 37.7 Å². The van der Waals surface area contributed by atoms with Crippen molar-refractivity contribution in [3.05, 3.63) is 35.9 Å². The number of hydrogen-bond acceptors (Lipinski definition) is 2. The van der Waals surface area contributed by atoms with Gasteiger partial charge in [-0.1, -0.05) is 37.3 Å². The molecule has 1 amide bonds. The Bertz CT molecular complexity index is 472. The normalized spacial score (nSPS) is 20.4. The molecule has 0 radical (unpaired) electrons. The molecule has 0 aliphatic carbocycles. The summed E-state index contributed by atoms with van der Waals surface area (Å²) >= 11 is 0. The van der Waals surface area contributed by atoms with Crippen molar-refractivity contribution in [3.8, 4) is 0 Å². The van der Waals surface area contributed by atoms with Crippen molar-refractivity contribution in [1.82, 2.24) is 4.90 Å². The first kappa shape index (κ1) is 14.6. The zero-order valence-electron chi connectivity index (χ0n) is 11.8. The third-order valence-electron chi connectivity index (χ3n) is 3.99. The Kier molecular flexibility index (Phi) is 4.77. The zero-order valence-corrected chi connectivity index (χ0v) is 11.8. The average Bonchev–Trinajstić information content (AvgIpc) is 2.49. The molecule has 1 saturated heterocycles. The lowest BCUT2D eigenvalue weighted by Gasteiger charge is -2.33. The van der Waals surface area contributed by atoms with Crippen LogP contribution in [0.5, 0.6) is 0 Å². The predicted octanol–water partition coefficient (Wildman–Crippen LogP) is 2.50. The van der Waals surface area contributed by atoms with E-state index in [2.05, 4.69) is 0 Å². The predicted molar refractivity (Wildman–Crippen MR) is 76.4 cm³/mol. The Labute approximate surface area is 119 Å². The molecule has 1 aliphatic heterocycles. The van der Waals surface area contributed by atoms with Gasteiger partial charge in [0.05, 0.1) is 11.8 Å². The van der Waals surface area contributed by atoms with E-state index in [1.807, 2.05) is 37.3 Å². The Morgan fingerprint density at radius 1 is 1.35 bits per heavy atom. The molecule has 0 saturated carbocycles. The second kappa shape index (κ2) is 6.55. The van der Waals surface area contributed by atoms with Gasteiger partial charge in [-0.05, 0) is 24.8 Å². The van der Waals surface area contributed by atoms with Gasteiger partial charge in [0.2, 0.25) is 5.91 Å². The molecule has 0 bridgehead atoms. The first-order valence-electron chi connectivity index (χ1n) is 7.20. The molecule has 1 aromatic rings. The van der Waals surface area contributed by atoms with Gasteiger partial charge < -0.3 is 10.0 Å². The topological polar surface area (TPSA) is 57.6 Å². The van der Waals surface area contributed by atoms with Gasteiger partial charge in [-0.3, -0.25) is 9.59 Å². The highest BCUT2D eigenvalue weighted by Gasteiger charge is 2.31. The van der Waals surface area contributed by atoms with Crippen LogP contribution in [0.4, 0.5) is 0 Å². The summed E-state index contributed by atoms with van der Waals surface area (Å²) in [6.45, 7) is 3.01. The van der Waals surface area contributed by atoms with Crippen LogP contribution in [-0.4, -0.2) is 35.0 Å². The number of hydrogen-bond donors (Lipinski definition) is 1. The third-order valence-corrected chi connectivity index (χ3v) is 3.99. The van der Waals surface area contributed by atoms with Crippen LogP contribution in [0.2, 0.25) is 0 Å². The van der Waals surface area contributed by atoms with E-state index in [-0.39, 0.29) is 11.8 Å². The number of amides is 1. The minimum atomic E-state index is -0.796. The van der Waals surface area contributed by atoms with Gasteiger partial charge in [0.1, 0.15) is 0 Å². The fourth-order valence-electron chi connectivity index (χ4n) is 2.84. The van der Waals surface area contributed by atoms with E-state index in [0.29, 0.717) is 19.5 Å². The summed E-state index contributed by atoms with van der Waals surface area (Å²) in [5.41, 5.74) is 1.01. The van der Waals surface area contributed by atoms with Crippen LogP contribution in [0.25, 0.3) is 0 Å². The number of nitrogens with zero attached hydrogens (tertiary/aromatic N) is 1. The van der Waals surface area contributed by atoms with Crippen LogP contribution in [-0.2, 0) is 9.59 Å². The fourth-order valence-corrected chi connectivity index (χ4v) is 2.84. The van der Waals surface area contributed by atoms with Gasteiger partial charge in [-0.25, -0.2) is 0 Å². The molecule has 108 valence electrons. The van der Waals surface area contributed by atoms with E-state index in [0.717, 1.165) is 18.4 Å². The summed E-state index contributed by atoms with van der Waals surface area (Å²) in [6, 6.07) is 9.72. The van der Waals surface area contributed by atoms with E-state index < -0.39 is 11.9 Å². The molecule has 1 heterocycles. The summed E-state index contributed by atoms with van der Waals surface area (Å²) in [5, 5.41) is 9.11. The molecule has 20 heavy (non-hydrogen) atoms. The van der Waals surface area contributed by atoms with Crippen molar-refractivity contribution in [1.29, 1.82) is 0 Å². The summed E-state index contributed by atoms with van der Waals surface area (Å²) < 4.78 is 0. The lowest BCUT2D eigenvalue weighted by molar-refractivity contribution is -0.146. The molecule has 0 aromatic heterocycles. The molecule has 1 N–H and O–H groups in total. The van der Waals surface area contributed by atoms with E-state index in [1.54, 1.807) is 4.90 Å². The number of carboxylic acid groups (broad SMARTS) is 1. The number of benzene rings is 1. The highest BCUT2D eigenvalue weighted by Crippen LogP contribution is 2.25. The van der Waals surface area contributed by atoms with E-state index >= 15 is 0 Å². The average molecular weight is 275 g/mol. The minimum Gasteiger partial charge on any atom is -0.481 e. The van der Waals surface area contributed by atoms with Crippen molar-refractivity contribution in [2.45, 2.75) is 32.1 Å². The van der Waals surface area contributed by atoms with Crippen molar-refractivity contribution in [2.75, 3.05) is 13.1 Å². The Morgan fingerprint density at radius 2 is 2.05 bits per heavy atom. The monoisotopic (exact) mass is 275 g/mol. The molecule has 0 unspecified atom stereocenters. The third kappa shape index (κ3) is 3.18. The molecule has 4 nitrogen and oxygen atoms in total. The lowest BCUT2D eigenvalue weighted by Crippen LogP contribution is -2.44. The Morgan fingerprint density at radius 3 is 2.65 bits per heavy atom. The maximum Gasteiger partial charge on any atom is 0.308 e. The molecule has 4 heteroatoms. The van der Waals surface area contributed by atoms with Gasteiger partial charge in [-0.15, -0.1) is 0 Å². The summed E-state index contributed by atoms with van der Waals surface area (Å²) in [5.74, 6) is -1.32. The zero-order chi connectivity index (χ0) is 14.5. The summed E-state index contributed by atoms with van der Waals surface area (Å²) in [4.78, 5) is 25.5. The number of carboxylic acids is 1. The van der Waals surface area contributed by atoms with Crippen molar-refractivity contribution < 1.29 is 14.7 Å².